The highest BCUT2D eigenvalue weighted by molar-refractivity contribution is 5.87. The highest BCUT2D eigenvalue weighted by Gasteiger charge is 2.20. The van der Waals surface area contributed by atoms with Crippen molar-refractivity contribution in [2.24, 2.45) is 0 Å². The van der Waals surface area contributed by atoms with E-state index in [1.807, 2.05) is 6.92 Å². The van der Waals surface area contributed by atoms with Crippen LogP contribution in [0.5, 0.6) is 5.75 Å². The van der Waals surface area contributed by atoms with E-state index in [0.29, 0.717) is 38.5 Å². The van der Waals surface area contributed by atoms with Crippen LogP contribution in [0.25, 0.3) is 0 Å². The van der Waals surface area contributed by atoms with Crippen LogP contribution in [0.2, 0.25) is 0 Å². The first-order chi connectivity index (χ1) is 26.6. The van der Waals surface area contributed by atoms with Gasteiger partial charge in [-0.25, -0.2) is 9.59 Å². The summed E-state index contributed by atoms with van der Waals surface area (Å²) < 4.78 is 26.8. The summed E-state index contributed by atoms with van der Waals surface area (Å²) in [6.45, 7) is 5.03. The predicted octanol–water partition coefficient (Wildman–Crippen LogP) is 2.45. The number of rotatable bonds is 36. The van der Waals surface area contributed by atoms with Crippen LogP contribution < -0.4 is 26.0 Å². The van der Waals surface area contributed by atoms with Crippen LogP contribution in [0.15, 0.2) is 24.3 Å². The average Bonchev–Trinajstić information content (AvgIpc) is 3.16. The fourth-order valence-corrected chi connectivity index (χ4v) is 4.84. The Labute approximate surface area is 323 Å². The maximum absolute atomic E-state index is 12.3. The molecule has 0 aliphatic carbocycles. The number of carbonyl (C=O) groups is 6. The molecule has 6 N–H and O–H groups in total. The molecule has 0 radical (unpaired) electrons. The number of benzene rings is 1. The molecule has 55 heavy (non-hydrogen) atoms. The zero-order valence-corrected chi connectivity index (χ0v) is 32.2. The van der Waals surface area contributed by atoms with Gasteiger partial charge in [-0.1, -0.05) is 45.4 Å². The third-order valence-corrected chi connectivity index (χ3v) is 7.91. The van der Waals surface area contributed by atoms with Crippen molar-refractivity contribution >= 4 is 35.6 Å². The Bertz CT molecular complexity index is 1230. The number of unbranched alkanes of at least 4 members (excludes halogenated alkanes) is 7. The molecule has 0 spiro atoms. The van der Waals surface area contributed by atoms with Crippen LogP contribution in [0, 0.1) is 0 Å². The monoisotopic (exact) mass is 782 g/mol. The molecule has 312 valence electrons. The molecule has 0 saturated heterocycles. The molecule has 0 fully saturated rings. The van der Waals surface area contributed by atoms with E-state index in [-0.39, 0.29) is 101 Å². The van der Waals surface area contributed by atoms with E-state index >= 15 is 0 Å². The molecule has 1 unspecified atom stereocenters. The van der Waals surface area contributed by atoms with Gasteiger partial charge in [-0.05, 0) is 49.9 Å². The van der Waals surface area contributed by atoms with E-state index in [1.165, 1.54) is 12.1 Å². The number of amides is 4. The fraction of sp³-hybridized carbons (Fsp3) is 0.684. The third kappa shape index (κ3) is 28.7. The zero-order chi connectivity index (χ0) is 40.4. The number of ether oxygens (including phenoxy) is 5. The zero-order valence-electron chi connectivity index (χ0n) is 32.2. The lowest BCUT2D eigenvalue weighted by atomic mass is 10.1. The van der Waals surface area contributed by atoms with Crippen LogP contribution in [0.3, 0.4) is 0 Å². The molecule has 0 aromatic heterocycles. The maximum atomic E-state index is 12.3. The Balaban J connectivity index is 1.95. The first kappa shape index (κ1) is 48.7. The molecule has 1 rings (SSSR count). The van der Waals surface area contributed by atoms with E-state index in [2.05, 4.69) is 21.3 Å². The van der Waals surface area contributed by atoms with Crippen molar-refractivity contribution in [1.29, 1.82) is 0 Å². The highest BCUT2D eigenvalue weighted by Crippen LogP contribution is 2.14. The first-order valence-corrected chi connectivity index (χ1v) is 19.2. The number of carboxylic acid groups (broad SMARTS) is 2. The molecule has 0 saturated carbocycles. The Morgan fingerprint density at radius 1 is 0.564 bits per heavy atom. The molecule has 4 amide bonds. The molecule has 0 aliphatic heterocycles. The van der Waals surface area contributed by atoms with Crippen LogP contribution in [-0.2, 0) is 42.9 Å². The molecule has 1 aromatic carbocycles. The van der Waals surface area contributed by atoms with Crippen LogP contribution in [-0.4, -0.2) is 131 Å². The molecule has 1 atom stereocenters. The Kier molecular flexibility index (Phi) is 29.3. The topological polar surface area (TPSA) is 237 Å². The van der Waals surface area contributed by atoms with Crippen LogP contribution in [0.4, 0.5) is 0 Å². The normalized spacial score (nSPS) is 11.4. The lowest BCUT2D eigenvalue weighted by molar-refractivity contribution is -0.142. The fourth-order valence-electron chi connectivity index (χ4n) is 4.84. The predicted molar refractivity (Wildman–Crippen MR) is 202 cm³/mol. The maximum Gasteiger partial charge on any atom is 0.335 e. The third-order valence-electron chi connectivity index (χ3n) is 7.91. The van der Waals surface area contributed by atoms with Crippen molar-refractivity contribution in [3.05, 3.63) is 29.8 Å². The highest BCUT2D eigenvalue weighted by atomic mass is 16.5. The van der Waals surface area contributed by atoms with Gasteiger partial charge in [-0.15, -0.1) is 0 Å². The summed E-state index contributed by atoms with van der Waals surface area (Å²) in [5.41, 5.74) is 0.217. The molecule has 17 nitrogen and oxygen atoms in total. The van der Waals surface area contributed by atoms with Gasteiger partial charge in [-0.2, -0.15) is 0 Å². The van der Waals surface area contributed by atoms with Gasteiger partial charge < -0.3 is 55.2 Å². The van der Waals surface area contributed by atoms with Gasteiger partial charge in [0.05, 0.1) is 51.8 Å². The van der Waals surface area contributed by atoms with Crippen molar-refractivity contribution in [2.75, 3.05) is 79.1 Å². The van der Waals surface area contributed by atoms with Crippen LogP contribution in [0.1, 0.15) is 94.3 Å². The molecule has 1 aromatic rings. The van der Waals surface area contributed by atoms with Crippen molar-refractivity contribution in [3.8, 4) is 5.75 Å². The summed E-state index contributed by atoms with van der Waals surface area (Å²) >= 11 is 0. The van der Waals surface area contributed by atoms with Crippen molar-refractivity contribution < 1.29 is 62.7 Å². The average molecular weight is 783 g/mol. The van der Waals surface area contributed by atoms with Gasteiger partial charge in [0.1, 0.15) is 25.0 Å². The van der Waals surface area contributed by atoms with Crippen molar-refractivity contribution in [3.63, 3.8) is 0 Å². The largest absolute Gasteiger partial charge is 0.494 e. The summed E-state index contributed by atoms with van der Waals surface area (Å²) in [7, 11) is 0. The number of nitrogens with one attached hydrogen (secondary N) is 4. The van der Waals surface area contributed by atoms with E-state index in [4.69, 9.17) is 28.8 Å². The number of carbonyl (C=O) groups excluding carboxylic acids is 4. The number of carboxylic acids is 2. The second-order valence-electron chi connectivity index (χ2n) is 12.6. The number of aliphatic carboxylic acids is 1. The minimum absolute atomic E-state index is 0.0139. The Morgan fingerprint density at radius 2 is 1.09 bits per heavy atom. The Morgan fingerprint density at radius 3 is 1.65 bits per heavy atom. The first-order valence-electron chi connectivity index (χ1n) is 19.2. The van der Waals surface area contributed by atoms with Gasteiger partial charge in [0.25, 0.3) is 0 Å². The van der Waals surface area contributed by atoms with Gasteiger partial charge in [0.15, 0.2) is 0 Å². The van der Waals surface area contributed by atoms with E-state index < -0.39 is 18.0 Å². The van der Waals surface area contributed by atoms with Crippen molar-refractivity contribution in [1.82, 2.24) is 21.3 Å². The smallest absolute Gasteiger partial charge is 0.335 e. The quantitative estimate of drug-likeness (QED) is 0.0538. The summed E-state index contributed by atoms with van der Waals surface area (Å²) in [4.78, 5) is 70.3. The molecular formula is C38H62N4O13. The van der Waals surface area contributed by atoms with E-state index in [1.54, 1.807) is 12.1 Å². The molecular weight excluding hydrogens is 720 g/mol. The lowest BCUT2D eigenvalue weighted by Gasteiger charge is -2.14. The van der Waals surface area contributed by atoms with Gasteiger partial charge in [0, 0.05) is 32.5 Å². The molecule has 0 bridgehead atoms. The molecule has 0 aliphatic rings. The SMILES string of the molecule is CCCCNC(=O)COCCOCCNC(=O)COCCOCCNC(=O)CCC(NC(=O)CCCCCCCCCOc1ccc(C(=O)O)cc1)C(=O)O. The van der Waals surface area contributed by atoms with E-state index in [0.717, 1.165) is 51.4 Å². The summed E-state index contributed by atoms with van der Waals surface area (Å²) in [6, 6.07) is 5.14. The summed E-state index contributed by atoms with van der Waals surface area (Å²) in [5, 5.41) is 29.0. The minimum Gasteiger partial charge on any atom is -0.494 e. The van der Waals surface area contributed by atoms with Crippen molar-refractivity contribution in [2.45, 2.75) is 90.0 Å². The second kappa shape index (κ2) is 33.1. The number of aromatic carboxylic acids is 1. The number of hydrogen-bond acceptors (Lipinski definition) is 11. The minimum atomic E-state index is -1.20. The second-order valence-corrected chi connectivity index (χ2v) is 12.6. The Hall–Kier alpha value is -4.32. The molecule has 17 heteroatoms. The molecule has 0 heterocycles. The van der Waals surface area contributed by atoms with E-state index in [9.17, 15) is 33.9 Å². The van der Waals surface area contributed by atoms with Gasteiger partial charge in [0.2, 0.25) is 23.6 Å². The lowest BCUT2D eigenvalue weighted by Crippen LogP contribution is -2.41. The summed E-state index contributed by atoms with van der Waals surface area (Å²) in [6.07, 6.45) is 8.39. The van der Waals surface area contributed by atoms with Crippen LogP contribution >= 0.6 is 0 Å². The van der Waals surface area contributed by atoms with Gasteiger partial charge >= 0.3 is 11.9 Å². The standard InChI is InChI=1S/C38H62N4O13/c1-2-3-18-39-35(45)28-53-26-25-52-23-20-41-36(46)29-54-27-24-51-22-19-40-33(43)17-16-32(38(49)50)42-34(44)11-9-7-5-4-6-8-10-21-55-31-14-12-30(13-15-31)37(47)48/h12-15,32H,2-11,16-29H2,1H3,(H,39,45)(H,40,43)(H,41,46)(H,42,44)(H,47,48)(H,49,50). The summed E-state index contributed by atoms with van der Waals surface area (Å²) in [5.74, 6) is -2.72. The van der Waals surface area contributed by atoms with Gasteiger partial charge in [-0.3, -0.25) is 19.2 Å². The number of hydrogen-bond donors (Lipinski definition) is 6.